The molecular formula is C37H48N4O6. The number of nitrogens with zero attached hydrogens (tertiary/aromatic N) is 1. The molecule has 47 heavy (non-hydrogen) atoms. The first kappa shape index (κ1) is 35.4. The highest BCUT2D eigenvalue weighted by atomic mass is 16.4. The van der Waals surface area contributed by atoms with E-state index >= 15 is 0 Å². The van der Waals surface area contributed by atoms with Crippen molar-refractivity contribution in [3.05, 3.63) is 66.4 Å². The zero-order chi connectivity index (χ0) is 33.4. The average molecular weight is 645 g/mol. The molecule has 1 aromatic heterocycles. The summed E-state index contributed by atoms with van der Waals surface area (Å²) in [7, 11) is 0. The Labute approximate surface area is 277 Å². The number of benzene rings is 2. The zero-order valence-corrected chi connectivity index (χ0v) is 27.3. The van der Waals surface area contributed by atoms with Crippen LogP contribution >= 0.6 is 0 Å². The minimum absolute atomic E-state index is 0.00348. The van der Waals surface area contributed by atoms with Gasteiger partial charge in [-0.1, -0.05) is 94.0 Å². The van der Waals surface area contributed by atoms with Crippen molar-refractivity contribution in [3.63, 3.8) is 0 Å². The molecule has 0 spiro atoms. The zero-order valence-electron chi connectivity index (χ0n) is 27.3. The minimum Gasteiger partial charge on any atom is -0.480 e. The molecule has 10 heteroatoms. The van der Waals surface area contributed by atoms with Gasteiger partial charge in [0.1, 0.15) is 6.04 Å². The number of unbranched alkanes of at least 4 members (excludes halogenated alkanes) is 6. The highest BCUT2D eigenvalue weighted by molar-refractivity contribution is 5.98. The lowest BCUT2D eigenvalue weighted by molar-refractivity contribution is -0.142. The van der Waals surface area contributed by atoms with Gasteiger partial charge < -0.3 is 25.5 Å². The maximum absolute atomic E-state index is 13.4. The van der Waals surface area contributed by atoms with Gasteiger partial charge in [0.25, 0.3) is 5.91 Å². The highest BCUT2D eigenvalue weighted by Crippen LogP contribution is 2.30. The Balaban J connectivity index is 1.21. The molecule has 1 saturated carbocycles. The lowest BCUT2D eigenvalue weighted by atomic mass is 9.91. The van der Waals surface area contributed by atoms with Crippen molar-refractivity contribution in [1.82, 2.24) is 20.9 Å². The van der Waals surface area contributed by atoms with Gasteiger partial charge in [0.15, 0.2) is 11.5 Å². The number of hydrogen-bond donors (Lipinski definition) is 4. The molecule has 1 heterocycles. The summed E-state index contributed by atoms with van der Waals surface area (Å²) in [6.45, 7) is 2.17. The van der Waals surface area contributed by atoms with Gasteiger partial charge in [0.2, 0.25) is 17.7 Å². The predicted molar refractivity (Wildman–Crippen MR) is 180 cm³/mol. The van der Waals surface area contributed by atoms with E-state index < -0.39 is 12.0 Å². The fourth-order valence-corrected chi connectivity index (χ4v) is 5.94. The fraction of sp³-hybridized carbons (Fsp3) is 0.486. The number of nitrogens with one attached hydrogen (secondary N) is 3. The van der Waals surface area contributed by atoms with Gasteiger partial charge in [-0.3, -0.25) is 14.4 Å². The van der Waals surface area contributed by atoms with Crippen LogP contribution in [0.5, 0.6) is 0 Å². The Morgan fingerprint density at radius 3 is 1.96 bits per heavy atom. The standard InChI is InChI=1S/C37H48N4O6/c1-2-3-4-5-6-7-14-19-31(42)40-30(37(45)46)24-25-32(43)38-28-20-22-29(23-21-28)39-35(44)33-34(26-15-10-8-11-16-26)47-36(41-33)27-17-12-9-13-18-27/h8-13,15-18,28-30H,2-7,14,19-25H2,1H3,(H,38,43)(H,39,44)(H,40,42)(H,45,46). The average Bonchev–Trinajstić information content (AvgIpc) is 3.54. The second kappa shape index (κ2) is 18.6. The van der Waals surface area contributed by atoms with Crippen molar-refractivity contribution in [2.75, 3.05) is 0 Å². The number of carbonyl (C=O) groups excluding carboxylic acids is 3. The van der Waals surface area contributed by atoms with E-state index in [0.29, 0.717) is 43.8 Å². The van der Waals surface area contributed by atoms with Crippen LogP contribution in [0.1, 0.15) is 107 Å². The lowest BCUT2D eigenvalue weighted by Gasteiger charge is -2.29. The SMILES string of the molecule is CCCCCCCCCC(=O)NC(CCC(=O)NC1CCC(NC(=O)c2nc(-c3ccccc3)oc2-c2ccccc2)CC1)C(=O)O. The Bertz CT molecular complexity index is 1430. The van der Waals surface area contributed by atoms with Crippen molar-refractivity contribution in [3.8, 4) is 22.8 Å². The molecule has 1 aliphatic rings. The van der Waals surface area contributed by atoms with E-state index in [1.165, 1.54) is 19.3 Å². The summed E-state index contributed by atoms with van der Waals surface area (Å²) in [5.74, 6) is -1.19. The topological polar surface area (TPSA) is 151 Å². The molecule has 4 N–H and O–H groups in total. The van der Waals surface area contributed by atoms with Crippen LogP contribution in [0.3, 0.4) is 0 Å². The molecule has 252 valence electrons. The Hall–Kier alpha value is -4.47. The number of carboxylic acid groups (broad SMARTS) is 1. The first-order valence-corrected chi connectivity index (χ1v) is 17.1. The van der Waals surface area contributed by atoms with Crippen LogP contribution in [-0.4, -0.2) is 51.9 Å². The van der Waals surface area contributed by atoms with E-state index in [1.54, 1.807) is 0 Å². The number of amides is 3. The van der Waals surface area contributed by atoms with Crippen LogP contribution in [0.2, 0.25) is 0 Å². The molecule has 1 unspecified atom stereocenters. The number of rotatable bonds is 18. The van der Waals surface area contributed by atoms with Crippen molar-refractivity contribution >= 4 is 23.7 Å². The molecule has 2 aromatic carbocycles. The second-order valence-electron chi connectivity index (χ2n) is 12.4. The summed E-state index contributed by atoms with van der Waals surface area (Å²) in [5.41, 5.74) is 1.77. The van der Waals surface area contributed by atoms with E-state index in [9.17, 15) is 24.3 Å². The summed E-state index contributed by atoms with van der Waals surface area (Å²) in [6.07, 6.45) is 10.6. The smallest absolute Gasteiger partial charge is 0.326 e. The first-order chi connectivity index (χ1) is 22.8. The van der Waals surface area contributed by atoms with Gasteiger partial charge in [0, 0.05) is 36.1 Å². The van der Waals surface area contributed by atoms with Crippen molar-refractivity contribution in [1.29, 1.82) is 0 Å². The van der Waals surface area contributed by atoms with Gasteiger partial charge >= 0.3 is 5.97 Å². The van der Waals surface area contributed by atoms with Crippen LogP contribution in [0.25, 0.3) is 22.8 Å². The minimum atomic E-state index is -1.14. The Kier molecular flexibility index (Phi) is 14.0. The molecule has 0 saturated heterocycles. The van der Waals surface area contributed by atoms with Crippen molar-refractivity contribution in [2.45, 2.75) is 115 Å². The second-order valence-corrected chi connectivity index (χ2v) is 12.4. The summed E-state index contributed by atoms with van der Waals surface area (Å²) >= 11 is 0. The van der Waals surface area contributed by atoms with E-state index in [4.69, 9.17) is 4.42 Å². The summed E-state index contributed by atoms with van der Waals surface area (Å²) in [5, 5.41) is 18.3. The first-order valence-electron chi connectivity index (χ1n) is 17.1. The third kappa shape index (κ3) is 11.4. The molecule has 1 aliphatic carbocycles. The third-order valence-corrected chi connectivity index (χ3v) is 8.63. The summed E-state index contributed by atoms with van der Waals surface area (Å²) in [4.78, 5) is 54.7. The predicted octanol–water partition coefficient (Wildman–Crippen LogP) is 6.66. The van der Waals surface area contributed by atoms with Gasteiger partial charge in [-0.2, -0.15) is 0 Å². The lowest BCUT2D eigenvalue weighted by Crippen LogP contribution is -2.45. The van der Waals surface area contributed by atoms with Crippen molar-refractivity contribution < 1.29 is 28.7 Å². The molecule has 3 amide bonds. The van der Waals surface area contributed by atoms with Crippen LogP contribution in [0, 0.1) is 0 Å². The maximum Gasteiger partial charge on any atom is 0.326 e. The Morgan fingerprint density at radius 1 is 0.766 bits per heavy atom. The van der Waals surface area contributed by atoms with Crippen LogP contribution in [-0.2, 0) is 14.4 Å². The van der Waals surface area contributed by atoms with E-state index in [0.717, 1.165) is 36.8 Å². The monoisotopic (exact) mass is 644 g/mol. The quantitative estimate of drug-likeness (QED) is 0.113. The van der Waals surface area contributed by atoms with Crippen LogP contribution in [0.4, 0.5) is 0 Å². The fourth-order valence-electron chi connectivity index (χ4n) is 5.94. The molecule has 1 atom stereocenters. The van der Waals surface area contributed by atoms with Gasteiger partial charge in [-0.05, 0) is 50.7 Å². The largest absolute Gasteiger partial charge is 0.480 e. The third-order valence-electron chi connectivity index (χ3n) is 8.63. The molecule has 1 fully saturated rings. The highest BCUT2D eigenvalue weighted by Gasteiger charge is 2.28. The summed E-state index contributed by atoms with van der Waals surface area (Å²) in [6, 6.07) is 17.6. The van der Waals surface area contributed by atoms with Gasteiger partial charge in [0.05, 0.1) is 0 Å². The number of hydrogen-bond acceptors (Lipinski definition) is 6. The molecular weight excluding hydrogens is 596 g/mol. The van der Waals surface area contributed by atoms with E-state index in [-0.39, 0.29) is 48.3 Å². The molecule has 3 aromatic rings. The van der Waals surface area contributed by atoms with Gasteiger partial charge in [-0.15, -0.1) is 0 Å². The van der Waals surface area contributed by atoms with E-state index in [2.05, 4.69) is 27.9 Å². The number of aromatic nitrogens is 1. The molecule has 0 bridgehead atoms. The molecule has 4 rings (SSSR count). The van der Waals surface area contributed by atoms with Crippen LogP contribution < -0.4 is 16.0 Å². The number of aliphatic carboxylic acids is 1. The molecule has 0 radical (unpaired) electrons. The number of carboxylic acids is 1. The van der Waals surface area contributed by atoms with Crippen LogP contribution in [0.15, 0.2) is 65.1 Å². The summed E-state index contributed by atoms with van der Waals surface area (Å²) < 4.78 is 6.09. The Morgan fingerprint density at radius 2 is 1.34 bits per heavy atom. The van der Waals surface area contributed by atoms with Crippen molar-refractivity contribution in [2.24, 2.45) is 0 Å². The van der Waals surface area contributed by atoms with E-state index in [1.807, 2.05) is 60.7 Å². The maximum atomic E-state index is 13.4. The molecule has 0 aliphatic heterocycles. The van der Waals surface area contributed by atoms with Gasteiger partial charge in [-0.25, -0.2) is 9.78 Å². The normalized spacial score (nSPS) is 16.6. The molecule has 10 nitrogen and oxygen atoms in total. The number of carbonyl (C=O) groups is 4. The number of oxazole rings is 1.